The molecule has 0 unspecified atom stereocenters. The molecule has 0 radical (unpaired) electrons. The van der Waals surface area contributed by atoms with Crippen LogP contribution < -0.4 is 16.0 Å². The lowest BCUT2D eigenvalue weighted by Gasteiger charge is -2.11. The molecule has 7 heteroatoms. The van der Waals surface area contributed by atoms with E-state index in [0.717, 1.165) is 0 Å². The molecule has 0 aliphatic heterocycles. The summed E-state index contributed by atoms with van der Waals surface area (Å²) < 4.78 is 1.64. The maximum atomic E-state index is 12.6. The molecule has 0 fully saturated rings. The molecule has 3 amide bonds. The molecule has 3 aromatic rings. The van der Waals surface area contributed by atoms with Crippen molar-refractivity contribution < 1.29 is 9.59 Å². The highest BCUT2D eigenvalue weighted by Gasteiger charge is 2.12. The van der Waals surface area contributed by atoms with Crippen molar-refractivity contribution in [2.45, 2.75) is 0 Å². The van der Waals surface area contributed by atoms with Crippen molar-refractivity contribution in [1.29, 1.82) is 0 Å². The van der Waals surface area contributed by atoms with Gasteiger partial charge in [0.15, 0.2) is 0 Å². The largest absolute Gasteiger partial charge is 0.341 e. The molecule has 2 aromatic carbocycles. The lowest BCUT2D eigenvalue weighted by atomic mass is 10.1. The number of para-hydroxylation sites is 1. The number of anilines is 2. The molecule has 1 aromatic heterocycles. The molecule has 0 saturated heterocycles. The minimum absolute atomic E-state index is 0.238. The molecular weight excluding hydrogens is 318 g/mol. The summed E-state index contributed by atoms with van der Waals surface area (Å²) in [5.74, 6) is -0.238. The van der Waals surface area contributed by atoms with Gasteiger partial charge in [0.25, 0.3) is 5.91 Å². The monoisotopic (exact) mass is 335 g/mol. The zero-order chi connectivity index (χ0) is 17.6. The van der Waals surface area contributed by atoms with Gasteiger partial charge in [-0.2, -0.15) is 5.10 Å². The second kappa shape index (κ2) is 7.31. The van der Waals surface area contributed by atoms with Crippen molar-refractivity contribution in [2.24, 2.45) is 0 Å². The Labute approximate surface area is 144 Å². The first-order chi connectivity index (χ1) is 12.2. The van der Waals surface area contributed by atoms with Crippen molar-refractivity contribution in [3.8, 4) is 5.69 Å². The van der Waals surface area contributed by atoms with Crippen molar-refractivity contribution in [3.63, 3.8) is 0 Å². The van der Waals surface area contributed by atoms with Gasteiger partial charge in [0.05, 0.1) is 11.3 Å². The van der Waals surface area contributed by atoms with E-state index in [4.69, 9.17) is 0 Å². The first-order valence-electron chi connectivity index (χ1n) is 7.66. The van der Waals surface area contributed by atoms with Crippen LogP contribution in [0.15, 0.2) is 67.0 Å². The second-order valence-electron chi connectivity index (χ2n) is 5.20. The zero-order valence-electron chi connectivity index (χ0n) is 13.6. The van der Waals surface area contributed by atoms with Gasteiger partial charge in [0, 0.05) is 30.8 Å². The van der Waals surface area contributed by atoms with E-state index in [1.165, 1.54) is 0 Å². The Hall–Kier alpha value is -3.61. The maximum absolute atomic E-state index is 12.6. The normalized spacial score (nSPS) is 10.1. The van der Waals surface area contributed by atoms with Crippen LogP contribution in [0.2, 0.25) is 0 Å². The number of aromatic nitrogens is 2. The molecular formula is C18H17N5O2. The number of rotatable bonds is 4. The van der Waals surface area contributed by atoms with Gasteiger partial charge in [-0.25, -0.2) is 9.48 Å². The average Bonchev–Trinajstić information content (AvgIpc) is 3.18. The summed E-state index contributed by atoms with van der Waals surface area (Å²) in [5, 5.41) is 12.2. The zero-order valence-corrected chi connectivity index (χ0v) is 13.6. The van der Waals surface area contributed by atoms with Crippen LogP contribution in [0.3, 0.4) is 0 Å². The molecule has 0 aliphatic rings. The molecule has 1 heterocycles. The van der Waals surface area contributed by atoms with Crippen LogP contribution in [0.4, 0.5) is 16.2 Å². The van der Waals surface area contributed by atoms with Crippen molar-refractivity contribution in [1.82, 2.24) is 15.1 Å². The summed E-state index contributed by atoms with van der Waals surface area (Å²) in [6.07, 6.45) is 3.44. The highest BCUT2D eigenvalue weighted by Crippen LogP contribution is 2.18. The molecule has 25 heavy (non-hydrogen) atoms. The van der Waals surface area contributed by atoms with Gasteiger partial charge >= 0.3 is 6.03 Å². The van der Waals surface area contributed by atoms with Crippen LogP contribution in [0, 0.1) is 0 Å². The molecule has 0 saturated carbocycles. The summed E-state index contributed by atoms with van der Waals surface area (Å²) >= 11 is 0. The summed E-state index contributed by atoms with van der Waals surface area (Å²) in [6.45, 7) is 0. The van der Waals surface area contributed by atoms with Crippen LogP contribution >= 0.6 is 0 Å². The van der Waals surface area contributed by atoms with E-state index in [0.29, 0.717) is 22.6 Å². The van der Waals surface area contributed by atoms with Crippen LogP contribution in [0.1, 0.15) is 10.4 Å². The van der Waals surface area contributed by atoms with Crippen LogP contribution in [0.25, 0.3) is 5.69 Å². The fourth-order valence-corrected chi connectivity index (χ4v) is 2.31. The minimum atomic E-state index is -0.301. The quantitative estimate of drug-likeness (QED) is 0.685. The summed E-state index contributed by atoms with van der Waals surface area (Å²) in [6, 6.07) is 15.6. The molecule has 126 valence electrons. The smallest absolute Gasteiger partial charge is 0.318 e. The maximum Gasteiger partial charge on any atom is 0.318 e. The Morgan fingerprint density at radius 1 is 0.920 bits per heavy atom. The van der Waals surface area contributed by atoms with E-state index < -0.39 is 0 Å². The van der Waals surface area contributed by atoms with E-state index >= 15 is 0 Å². The second-order valence-corrected chi connectivity index (χ2v) is 5.20. The average molecular weight is 335 g/mol. The van der Waals surface area contributed by atoms with Crippen molar-refractivity contribution in [2.75, 3.05) is 17.7 Å². The molecule has 3 N–H and O–H groups in total. The van der Waals surface area contributed by atoms with E-state index in [1.807, 2.05) is 12.1 Å². The number of nitrogens with one attached hydrogen (secondary N) is 3. The van der Waals surface area contributed by atoms with Crippen molar-refractivity contribution in [3.05, 3.63) is 72.6 Å². The fourth-order valence-electron chi connectivity index (χ4n) is 2.31. The van der Waals surface area contributed by atoms with Crippen LogP contribution in [0.5, 0.6) is 0 Å². The predicted octanol–water partition coefficient (Wildman–Crippen LogP) is 2.88. The highest BCUT2D eigenvalue weighted by molar-refractivity contribution is 6.06. The summed E-state index contributed by atoms with van der Waals surface area (Å²) in [4.78, 5) is 23.9. The lowest BCUT2D eigenvalue weighted by Crippen LogP contribution is -2.24. The van der Waals surface area contributed by atoms with Gasteiger partial charge in [-0.3, -0.25) is 4.79 Å². The lowest BCUT2D eigenvalue weighted by molar-refractivity contribution is 0.102. The summed E-state index contributed by atoms with van der Waals surface area (Å²) in [5.41, 5.74) is 2.47. The first-order valence-corrected chi connectivity index (χ1v) is 7.66. The molecule has 7 nitrogen and oxygen atoms in total. The number of nitrogens with zero attached hydrogens (tertiary/aromatic N) is 2. The third kappa shape index (κ3) is 3.84. The number of carbonyl (C=O) groups is 2. The highest BCUT2D eigenvalue weighted by atomic mass is 16.2. The fraction of sp³-hybridized carbons (Fsp3) is 0.0556. The topological polar surface area (TPSA) is 88.0 Å². The first kappa shape index (κ1) is 16.3. The van der Waals surface area contributed by atoms with Gasteiger partial charge in [0.2, 0.25) is 0 Å². The van der Waals surface area contributed by atoms with E-state index in [2.05, 4.69) is 21.0 Å². The van der Waals surface area contributed by atoms with E-state index in [1.54, 1.807) is 66.6 Å². The Morgan fingerprint density at radius 3 is 2.24 bits per heavy atom. The standard InChI is InChI=1S/C18H17N5O2/c1-19-18(25)22-14-9-7-13(8-10-14)21-17(24)15-5-2-3-6-16(15)23-12-4-11-20-23/h2-12H,1H3,(H,21,24)(H2,19,22,25). The van der Waals surface area contributed by atoms with E-state index in [9.17, 15) is 9.59 Å². The molecule has 0 bridgehead atoms. The van der Waals surface area contributed by atoms with Crippen molar-refractivity contribution >= 4 is 23.3 Å². The SMILES string of the molecule is CNC(=O)Nc1ccc(NC(=O)c2ccccc2-n2cccn2)cc1. The van der Waals surface area contributed by atoms with Gasteiger partial charge < -0.3 is 16.0 Å². The number of hydrogen-bond donors (Lipinski definition) is 3. The third-order valence-electron chi connectivity index (χ3n) is 3.53. The minimum Gasteiger partial charge on any atom is -0.341 e. The molecule has 3 rings (SSSR count). The van der Waals surface area contributed by atoms with Gasteiger partial charge in [0.1, 0.15) is 0 Å². The van der Waals surface area contributed by atoms with Gasteiger partial charge in [-0.15, -0.1) is 0 Å². The van der Waals surface area contributed by atoms with Crippen LogP contribution in [-0.2, 0) is 0 Å². The number of amides is 3. The number of urea groups is 1. The number of carbonyl (C=O) groups excluding carboxylic acids is 2. The Morgan fingerprint density at radius 2 is 1.60 bits per heavy atom. The Balaban J connectivity index is 1.76. The van der Waals surface area contributed by atoms with E-state index in [-0.39, 0.29) is 11.9 Å². The predicted molar refractivity (Wildman–Crippen MR) is 96.0 cm³/mol. The Bertz CT molecular complexity index is 873. The molecule has 0 spiro atoms. The number of benzene rings is 2. The Kier molecular flexibility index (Phi) is 4.75. The number of hydrogen-bond acceptors (Lipinski definition) is 3. The van der Waals surface area contributed by atoms with Gasteiger partial charge in [-0.1, -0.05) is 12.1 Å². The summed E-state index contributed by atoms with van der Waals surface area (Å²) in [7, 11) is 1.54. The molecule has 0 aliphatic carbocycles. The molecule has 0 atom stereocenters. The third-order valence-corrected chi connectivity index (χ3v) is 3.53. The van der Waals surface area contributed by atoms with Gasteiger partial charge in [-0.05, 0) is 42.5 Å². The van der Waals surface area contributed by atoms with Crippen LogP contribution in [-0.4, -0.2) is 28.8 Å².